The highest BCUT2D eigenvalue weighted by atomic mass is 35.5. The molecule has 3 aromatic rings. The second-order valence-electron chi connectivity index (χ2n) is 7.66. The Hall–Kier alpha value is -3.13. The van der Waals surface area contributed by atoms with Crippen LogP contribution in [0.2, 0.25) is 15.1 Å². The third-order valence-corrected chi connectivity index (χ3v) is 6.36. The van der Waals surface area contributed by atoms with E-state index < -0.39 is 12.3 Å². The smallest absolute Gasteiger partial charge is 0.493 e. The van der Waals surface area contributed by atoms with Crippen molar-refractivity contribution < 1.29 is 28.9 Å². The van der Waals surface area contributed by atoms with Gasteiger partial charge in [0, 0.05) is 40.2 Å². The molecule has 1 heterocycles. The van der Waals surface area contributed by atoms with E-state index in [1.165, 1.54) is 0 Å². The van der Waals surface area contributed by atoms with Crippen LogP contribution in [0.3, 0.4) is 0 Å². The zero-order valence-corrected chi connectivity index (χ0v) is 20.5. The van der Waals surface area contributed by atoms with E-state index in [0.717, 1.165) is 5.56 Å². The van der Waals surface area contributed by atoms with Crippen LogP contribution < -0.4 is 14.8 Å². The zero-order chi connectivity index (χ0) is 24.9. The van der Waals surface area contributed by atoms with Gasteiger partial charge in [-0.05, 0) is 54.4 Å². The Morgan fingerprint density at radius 3 is 2.43 bits per heavy atom. The lowest BCUT2D eigenvalue weighted by molar-refractivity contribution is 0.0326. The summed E-state index contributed by atoms with van der Waals surface area (Å²) in [6.45, 7) is 0.677. The molecule has 0 bridgehead atoms. The fraction of sp³-hybridized carbons (Fsp3) is 0.200. The van der Waals surface area contributed by atoms with E-state index in [-0.39, 0.29) is 10.9 Å². The van der Waals surface area contributed by atoms with E-state index in [9.17, 15) is 9.59 Å². The van der Waals surface area contributed by atoms with Gasteiger partial charge in [-0.2, -0.15) is 0 Å². The first-order valence-corrected chi connectivity index (χ1v) is 11.8. The highest BCUT2D eigenvalue weighted by Crippen LogP contribution is 2.42. The molecule has 0 spiro atoms. The molecule has 0 saturated carbocycles. The molecule has 0 radical (unpaired) electrons. The molecule has 10 heteroatoms. The van der Waals surface area contributed by atoms with Gasteiger partial charge in [-0.15, -0.1) is 0 Å². The van der Waals surface area contributed by atoms with Crippen molar-refractivity contribution in [3.05, 3.63) is 86.4 Å². The number of carboxylic acid groups (broad SMARTS) is 1. The molecule has 0 aliphatic carbocycles. The number of carbonyl (C=O) groups excluding carboxylic acids is 1. The largest absolute Gasteiger partial charge is 0.506 e. The van der Waals surface area contributed by atoms with Crippen molar-refractivity contribution in [1.82, 2.24) is 5.32 Å². The van der Waals surface area contributed by atoms with E-state index >= 15 is 0 Å². The van der Waals surface area contributed by atoms with E-state index in [0.29, 0.717) is 64.4 Å². The van der Waals surface area contributed by atoms with Crippen LogP contribution in [-0.4, -0.2) is 30.3 Å². The van der Waals surface area contributed by atoms with Crippen molar-refractivity contribution >= 4 is 46.9 Å². The fourth-order valence-corrected chi connectivity index (χ4v) is 4.45. The number of hydrogen-bond acceptors (Lipinski definition) is 5. The average molecular weight is 537 g/mol. The summed E-state index contributed by atoms with van der Waals surface area (Å²) in [5, 5.41) is 13.2. The molecule has 1 amide bonds. The van der Waals surface area contributed by atoms with Gasteiger partial charge >= 0.3 is 6.16 Å². The maximum absolute atomic E-state index is 12.5. The first-order chi connectivity index (χ1) is 16.8. The van der Waals surface area contributed by atoms with Gasteiger partial charge in [0.05, 0.1) is 11.6 Å². The summed E-state index contributed by atoms with van der Waals surface area (Å²) in [5.74, 6) is 0.983. The molecule has 1 unspecified atom stereocenters. The first-order valence-electron chi connectivity index (χ1n) is 10.7. The maximum atomic E-state index is 12.5. The number of carbonyl (C=O) groups is 2. The summed E-state index contributed by atoms with van der Waals surface area (Å²) in [4.78, 5) is 23.4. The highest BCUT2D eigenvalue weighted by molar-refractivity contribution is 6.36. The highest BCUT2D eigenvalue weighted by Gasteiger charge is 2.27. The molecule has 0 fully saturated rings. The van der Waals surface area contributed by atoms with Crippen LogP contribution in [0.4, 0.5) is 4.79 Å². The molecule has 1 aliphatic heterocycles. The van der Waals surface area contributed by atoms with Gasteiger partial charge < -0.3 is 24.6 Å². The molecule has 35 heavy (non-hydrogen) atoms. The second-order valence-corrected chi connectivity index (χ2v) is 8.88. The van der Waals surface area contributed by atoms with E-state index in [4.69, 9.17) is 54.1 Å². The Labute approximate surface area is 216 Å². The standard InChI is InChI=1S/C25H20Cl3NO6/c26-18-2-1-3-19(27)16(18)8-10-29-24(30)14-4-6-15(7-5-14)34-23-13-22-17(12-20(23)28)21(9-11-33-22)35-25(31)32/h1-7,12-13,21H,8-11H2,(H,29,30)(H,31,32). The number of amides is 1. The average Bonchev–Trinajstić information content (AvgIpc) is 2.82. The van der Waals surface area contributed by atoms with Gasteiger partial charge in [0.15, 0.2) is 0 Å². The fourth-order valence-electron chi connectivity index (χ4n) is 3.66. The zero-order valence-electron chi connectivity index (χ0n) is 18.2. The lowest BCUT2D eigenvalue weighted by Crippen LogP contribution is -2.25. The summed E-state index contributed by atoms with van der Waals surface area (Å²) >= 11 is 18.7. The number of benzene rings is 3. The Morgan fingerprint density at radius 1 is 1.03 bits per heavy atom. The van der Waals surface area contributed by atoms with Gasteiger partial charge in [0.25, 0.3) is 5.91 Å². The molecular formula is C25H20Cl3NO6. The molecule has 1 aliphatic rings. The van der Waals surface area contributed by atoms with Crippen molar-refractivity contribution in [3.8, 4) is 17.2 Å². The molecule has 1 atom stereocenters. The van der Waals surface area contributed by atoms with Crippen LogP contribution in [0, 0.1) is 0 Å². The number of ether oxygens (including phenoxy) is 3. The van der Waals surface area contributed by atoms with E-state index in [1.807, 2.05) is 0 Å². The van der Waals surface area contributed by atoms with Crippen molar-refractivity contribution in [2.24, 2.45) is 0 Å². The summed E-state index contributed by atoms with van der Waals surface area (Å²) in [5.41, 5.74) is 1.78. The first kappa shape index (κ1) is 25.0. The topological polar surface area (TPSA) is 94.1 Å². The molecule has 7 nitrogen and oxygen atoms in total. The molecular weight excluding hydrogens is 517 g/mol. The minimum atomic E-state index is -1.36. The summed E-state index contributed by atoms with van der Waals surface area (Å²) < 4.78 is 16.4. The van der Waals surface area contributed by atoms with Crippen LogP contribution >= 0.6 is 34.8 Å². The number of rotatable bonds is 7. The molecule has 182 valence electrons. The van der Waals surface area contributed by atoms with E-state index in [1.54, 1.807) is 54.6 Å². The van der Waals surface area contributed by atoms with Crippen LogP contribution in [-0.2, 0) is 11.2 Å². The van der Waals surface area contributed by atoms with Crippen LogP contribution in [0.15, 0.2) is 54.6 Å². The predicted octanol–water partition coefficient (Wildman–Crippen LogP) is 6.93. The maximum Gasteiger partial charge on any atom is 0.506 e. The minimum absolute atomic E-state index is 0.246. The third-order valence-electron chi connectivity index (χ3n) is 5.36. The van der Waals surface area contributed by atoms with E-state index in [2.05, 4.69) is 5.32 Å². The normalized spacial score (nSPS) is 14.4. The summed E-state index contributed by atoms with van der Waals surface area (Å²) in [7, 11) is 0. The predicted molar refractivity (Wildman–Crippen MR) is 132 cm³/mol. The van der Waals surface area contributed by atoms with Crippen molar-refractivity contribution in [2.45, 2.75) is 18.9 Å². The van der Waals surface area contributed by atoms with Crippen molar-refractivity contribution in [1.29, 1.82) is 0 Å². The lowest BCUT2D eigenvalue weighted by Gasteiger charge is -2.25. The molecule has 4 rings (SSSR count). The minimum Gasteiger partial charge on any atom is -0.493 e. The monoisotopic (exact) mass is 535 g/mol. The van der Waals surface area contributed by atoms with Gasteiger partial charge in [0.1, 0.15) is 23.4 Å². The Morgan fingerprint density at radius 2 is 1.74 bits per heavy atom. The third kappa shape index (κ3) is 6.11. The Balaban J connectivity index is 1.38. The van der Waals surface area contributed by atoms with Crippen LogP contribution in [0.25, 0.3) is 0 Å². The van der Waals surface area contributed by atoms with Crippen LogP contribution in [0.5, 0.6) is 17.2 Å². The van der Waals surface area contributed by atoms with Gasteiger partial charge in [-0.25, -0.2) is 4.79 Å². The molecule has 0 aromatic heterocycles. The van der Waals surface area contributed by atoms with Gasteiger partial charge in [0.2, 0.25) is 0 Å². The lowest BCUT2D eigenvalue weighted by atomic mass is 10.0. The SMILES string of the molecule is O=C(O)OC1CCOc2cc(Oc3ccc(C(=O)NCCc4c(Cl)cccc4Cl)cc3)c(Cl)cc21. The number of fused-ring (bicyclic) bond motifs is 1. The summed E-state index contributed by atoms with van der Waals surface area (Å²) in [6.07, 6.45) is -1.13. The number of nitrogens with one attached hydrogen (secondary N) is 1. The second kappa shape index (κ2) is 11.1. The molecule has 0 saturated heterocycles. The number of hydrogen-bond donors (Lipinski definition) is 2. The van der Waals surface area contributed by atoms with Crippen molar-refractivity contribution in [2.75, 3.05) is 13.2 Å². The quantitative estimate of drug-likeness (QED) is 0.318. The molecule has 2 N–H and O–H groups in total. The number of halogens is 3. The van der Waals surface area contributed by atoms with Crippen molar-refractivity contribution in [3.63, 3.8) is 0 Å². The van der Waals surface area contributed by atoms with Gasteiger partial charge in [-0.1, -0.05) is 40.9 Å². The Bertz CT molecular complexity index is 1230. The van der Waals surface area contributed by atoms with Crippen LogP contribution in [0.1, 0.15) is 34.0 Å². The molecule has 3 aromatic carbocycles. The summed E-state index contributed by atoms with van der Waals surface area (Å²) in [6, 6.07) is 15.0. The van der Waals surface area contributed by atoms with Gasteiger partial charge in [-0.3, -0.25) is 4.79 Å². The Kier molecular flexibility index (Phi) is 7.90.